The summed E-state index contributed by atoms with van der Waals surface area (Å²) in [4.78, 5) is 34.3. The van der Waals surface area contributed by atoms with Crippen LogP contribution in [-0.4, -0.2) is 36.9 Å². The largest absolute Gasteiger partial charge is 0.381 e. The molecule has 1 aliphatic rings. The highest BCUT2D eigenvalue weighted by molar-refractivity contribution is 6.35. The molecule has 182 valence electrons. The van der Waals surface area contributed by atoms with E-state index in [1.165, 1.54) is 9.13 Å². The molecule has 0 bridgehead atoms. The lowest BCUT2D eigenvalue weighted by Crippen LogP contribution is -2.40. The van der Waals surface area contributed by atoms with Crippen LogP contribution in [-0.2, 0) is 25.4 Å². The molecule has 10 heteroatoms. The van der Waals surface area contributed by atoms with E-state index in [1.807, 2.05) is 32.0 Å². The molecule has 5 rings (SSSR count). The number of H-pyrrole nitrogens is 1. The van der Waals surface area contributed by atoms with Crippen LogP contribution >= 0.6 is 11.6 Å². The van der Waals surface area contributed by atoms with Gasteiger partial charge in [-0.1, -0.05) is 31.5 Å². The van der Waals surface area contributed by atoms with Crippen molar-refractivity contribution in [2.75, 3.05) is 13.2 Å². The number of hydrogen-bond donors (Lipinski definition) is 2. The van der Waals surface area contributed by atoms with Crippen LogP contribution in [0.3, 0.4) is 0 Å². The second kappa shape index (κ2) is 9.77. The predicted octanol–water partition coefficient (Wildman–Crippen LogP) is 3.07. The maximum Gasteiger partial charge on any atom is 0.332 e. The second-order valence-corrected chi connectivity index (χ2v) is 8.81. The third-order valence-electron chi connectivity index (χ3n) is 6.46. The zero-order chi connectivity index (χ0) is 24.6. The highest BCUT2D eigenvalue weighted by atomic mass is 35.5. The van der Waals surface area contributed by atoms with Gasteiger partial charge in [-0.2, -0.15) is 0 Å². The average molecular weight is 487 g/mol. The fourth-order valence-electron chi connectivity index (χ4n) is 4.62. The molecule has 1 aromatic carbocycles. The molecule has 0 aliphatic carbocycles. The zero-order valence-electron chi connectivity index (χ0n) is 20.0. The summed E-state index contributed by atoms with van der Waals surface area (Å²) in [6.07, 6.45) is 1.69. The minimum atomic E-state index is -0.434. The fraction of sp³-hybridized carbons (Fsp3) is 0.458. The highest BCUT2D eigenvalue weighted by Gasteiger charge is 2.28. The predicted molar refractivity (Wildman–Crippen MR) is 134 cm³/mol. The molecule has 0 amide bonds. The summed E-state index contributed by atoms with van der Waals surface area (Å²) in [7, 11) is 3.40. The van der Waals surface area contributed by atoms with E-state index in [1.54, 1.807) is 24.7 Å². The SMILES string of the molecule is CC.Cn1c(C(N)C2CCOCC2)nc2c1c(=O)n(Cc1cc3c(Cl)cccc3[nH]1)c(=O)n2C. The van der Waals surface area contributed by atoms with Crippen LogP contribution in [0.25, 0.3) is 22.1 Å². The van der Waals surface area contributed by atoms with Gasteiger partial charge in [0.25, 0.3) is 5.56 Å². The van der Waals surface area contributed by atoms with Gasteiger partial charge in [0.2, 0.25) is 0 Å². The first-order chi connectivity index (χ1) is 16.4. The van der Waals surface area contributed by atoms with Crippen LogP contribution in [0.15, 0.2) is 33.9 Å². The summed E-state index contributed by atoms with van der Waals surface area (Å²) >= 11 is 6.27. The first-order valence-electron chi connectivity index (χ1n) is 11.6. The van der Waals surface area contributed by atoms with E-state index in [2.05, 4.69) is 9.97 Å². The number of aromatic nitrogens is 5. The van der Waals surface area contributed by atoms with Crippen molar-refractivity contribution < 1.29 is 4.74 Å². The number of imidazole rings is 1. The number of fused-ring (bicyclic) bond motifs is 2. The maximum absolute atomic E-state index is 13.4. The van der Waals surface area contributed by atoms with Gasteiger partial charge in [-0.05, 0) is 37.0 Å². The number of aryl methyl sites for hydroxylation is 2. The van der Waals surface area contributed by atoms with Gasteiger partial charge in [0, 0.05) is 48.9 Å². The van der Waals surface area contributed by atoms with E-state index in [0.717, 1.165) is 23.7 Å². The molecule has 3 aromatic heterocycles. The molecule has 4 heterocycles. The summed E-state index contributed by atoms with van der Waals surface area (Å²) in [6.45, 7) is 5.43. The third-order valence-corrected chi connectivity index (χ3v) is 6.79. The van der Waals surface area contributed by atoms with E-state index in [0.29, 0.717) is 40.9 Å². The number of hydrogen-bond acceptors (Lipinski definition) is 5. The molecular weight excluding hydrogens is 456 g/mol. The molecular formula is C24H31ClN6O3. The smallest absolute Gasteiger partial charge is 0.332 e. The molecule has 0 radical (unpaired) electrons. The zero-order valence-corrected chi connectivity index (χ0v) is 20.7. The Balaban J connectivity index is 0.00000133. The van der Waals surface area contributed by atoms with Crippen LogP contribution < -0.4 is 17.0 Å². The Kier molecular flexibility index (Phi) is 6.97. The fourth-order valence-corrected chi connectivity index (χ4v) is 4.84. The first-order valence-corrected chi connectivity index (χ1v) is 12.0. The van der Waals surface area contributed by atoms with Crippen LogP contribution in [0.1, 0.15) is 44.2 Å². The van der Waals surface area contributed by atoms with Gasteiger partial charge in [0.15, 0.2) is 11.2 Å². The Hall–Kier alpha value is -2.88. The van der Waals surface area contributed by atoms with Crippen molar-refractivity contribution in [3.05, 3.63) is 61.6 Å². The van der Waals surface area contributed by atoms with E-state index >= 15 is 0 Å². The minimum absolute atomic E-state index is 0.0962. The highest BCUT2D eigenvalue weighted by Crippen LogP contribution is 2.28. The number of ether oxygens (including phenoxy) is 1. The number of nitrogens with zero attached hydrogens (tertiary/aromatic N) is 4. The van der Waals surface area contributed by atoms with Gasteiger partial charge >= 0.3 is 5.69 Å². The van der Waals surface area contributed by atoms with Gasteiger partial charge in [0.05, 0.1) is 12.6 Å². The summed E-state index contributed by atoms with van der Waals surface area (Å²) in [5, 5.41) is 1.46. The second-order valence-electron chi connectivity index (χ2n) is 8.41. The van der Waals surface area contributed by atoms with Crippen LogP contribution in [0.2, 0.25) is 5.02 Å². The monoisotopic (exact) mass is 486 g/mol. The molecule has 34 heavy (non-hydrogen) atoms. The number of rotatable bonds is 4. The average Bonchev–Trinajstić information content (AvgIpc) is 3.43. The molecule has 1 saturated heterocycles. The van der Waals surface area contributed by atoms with Crippen molar-refractivity contribution >= 4 is 33.7 Å². The van der Waals surface area contributed by atoms with Crippen molar-refractivity contribution in [1.29, 1.82) is 0 Å². The van der Waals surface area contributed by atoms with E-state index in [-0.39, 0.29) is 18.5 Å². The van der Waals surface area contributed by atoms with Gasteiger partial charge in [0.1, 0.15) is 5.82 Å². The summed E-state index contributed by atoms with van der Waals surface area (Å²) < 4.78 is 9.79. The number of benzene rings is 1. The van der Waals surface area contributed by atoms with Gasteiger partial charge in [-0.15, -0.1) is 0 Å². The lowest BCUT2D eigenvalue weighted by Gasteiger charge is -2.27. The molecule has 0 saturated carbocycles. The molecule has 9 nitrogen and oxygen atoms in total. The number of nitrogens with two attached hydrogens (primary N) is 1. The first kappa shape index (κ1) is 24.3. The molecule has 1 unspecified atom stereocenters. The van der Waals surface area contributed by atoms with E-state index in [9.17, 15) is 9.59 Å². The quantitative estimate of drug-likeness (QED) is 0.460. The van der Waals surface area contributed by atoms with Crippen LogP contribution in [0.4, 0.5) is 0 Å². The molecule has 0 spiro atoms. The van der Waals surface area contributed by atoms with Gasteiger partial charge in [-0.3, -0.25) is 13.9 Å². The van der Waals surface area contributed by atoms with Crippen LogP contribution in [0, 0.1) is 5.92 Å². The van der Waals surface area contributed by atoms with Crippen molar-refractivity contribution in [2.45, 2.75) is 39.3 Å². The molecule has 3 N–H and O–H groups in total. The summed E-state index contributed by atoms with van der Waals surface area (Å²) in [5.74, 6) is 0.823. The van der Waals surface area contributed by atoms with E-state index < -0.39 is 11.2 Å². The summed E-state index contributed by atoms with van der Waals surface area (Å²) in [6, 6.07) is 7.08. The summed E-state index contributed by atoms with van der Waals surface area (Å²) in [5.41, 5.74) is 7.98. The minimum Gasteiger partial charge on any atom is -0.381 e. The van der Waals surface area contributed by atoms with Crippen molar-refractivity contribution in [2.24, 2.45) is 25.7 Å². The molecule has 1 fully saturated rings. The van der Waals surface area contributed by atoms with Gasteiger partial charge < -0.3 is 20.0 Å². The lowest BCUT2D eigenvalue weighted by atomic mass is 9.92. The van der Waals surface area contributed by atoms with Crippen molar-refractivity contribution in [3.63, 3.8) is 0 Å². The standard InChI is InChI=1S/C22H25ClN6O3.C2H6/c1-27-18-20(26-19(27)17(24)12-6-8-32-9-7-12)28(2)22(31)29(21(18)30)11-13-10-14-15(23)4-3-5-16(14)25-13;1-2/h3-5,10,12,17,25H,6-9,11,24H2,1-2H3;1-2H3. The number of aromatic amines is 1. The van der Waals surface area contributed by atoms with Crippen LogP contribution in [0.5, 0.6) is 0 Å². The Morgan fingerprint density at radius 3 is 2.59 bits per heavy atom. The Morgan fingerprint density at radius 2 is 1.91 bits per heavy atom. The van der Waals surface area contributed by atoms with Gasteiger partial charge in [-0.25, -0.2) is 9.78 Å². The van der Waals surface area contributed by atoms with Crippen molar-refractivity contribution in [3.8, 4) is 0 Å². The number of halogens is 1. The Morgan fingerprint density at radius 1 is 1.21 bits per heavy atom. The molecule has 4 aromatic rings. The Labute approximate surface area is 202 Å². The number of nitrogens with one attached hydrogen (secondary N) is 1. The maximum atomic E-state index is 13.4. The lowest BCUT2D eigenvalue weighted by molar-refractivity contribution is 0.0572. The Bertz CT molecular complexity index is 1440. The van der Waals surface area contributed by atoms with E-state index in [4.69, 9.17) is 22.1 Å². The topological polar surface area (TPSA) is 113 Å². The normalized spacial score (nSPS) is 15.5. The third kappa shape index (κ3) is 4.08. The molecule has 1 aliphatic heterocycles. The van der Waals surface area contributed by atoms with Crippen molar-refractivity contribution in [1.82, 2.24) is 23.7 Å². The molecule has 1 atom stereocenters.